The second-order valence-electron chi connectivity index (χ2n) is 14.4. The Morgan fingerprint density at radius 2 is 1.46 bits per heavy atom. The monoisotopic (exact) mass is 705 g/mol. The third-order valence-electron chi connectivity index (χ3n) is 9.19. The lowest BCUT2D eigenvalue weighted by Crippen LogP contribution is -2.50. The van der Waals surface area contributed by atoms with Crippen molar-refractivity contribution < 1.29 is 45.7 Å². The Labute approximate surface area is 289 Å². The second kappa shape index (κ2) is 19.9. The van der Waals surface area contributed by atoms with Gasteiger partial charge in [-0.25, -0.2) is 23.5 Å². The van der Waals surface area contributed by atoms with Crippen molar-refractivity contribution in [3.05, 3.63) is 0 Å². The lowest BCUT2D eigenvalue weighted by molar-refractivity contribution is -0.929. The van der Waals surface area contributed by atoms with Crippen LogP contribution in [0.1, 0.15) is 126 Å². The number of hydrogen-bond donors (Lipinski definition) is 1. The fraction of sp³-hybridized carbons (Fsp3) is 0.909. The van der Waals surface area contributed by atoms with Crippen LogP contribution in [0.15, 0.2) is 0 Å². The molecule has 0 aromatic heterocycles. The number of quaternary nitrogens is 1. The van der Waals surface area contributed by atoms with Gasteiger partial charge >= 0.3 is 12.1 Å². The summed E-state index contributed by atoms with van der Waals surface area (Å²) in [5.74, 6) is -0.583. The SMILES string of the molecule is CC(C)(C)OC(=O)N1CCC[C@H]1CONC(=O)[C@@H]1CC[C@@H]2CN1C(=O)N2OS(=O)(=O)[O-].CCCC[N+](CCCC)(CCCC)CCCC. The van der Waals surface area contributed by atoms with Crippen molar-refractivity contribution >= 4 is 28.4 Å². The number of nitrogens with one attached hydrogen (secondary N) is 1. The maximum atomic E-state index is 12.5. The molecule has 14 nitrogen and oxygen atoms in total. The minimum atomic E-state index is -5.10. The standard InChI is InChI=1S/C17H28N4O9S.C16H36N/c1-17(2,3)29-16(24)19-8-4-5-12(19)10-28-18-14(22)13-7-6-11-9-20(13)15(23)21(11)30-31(25,26)27;1-5-9-13-17(14-10-6-2,15-11-7-3)16-12-8-4/h11-13H,4-10H2,1-3H3,(H,18,22)(H,25,26,27);5-16H2,1-4H3/q;+1/p-1/t11-,12+,13+;/m1./s1. The van der Waals surface area contributed by atoms with Crippen LogP contribution >= 0.6 is 0 Å². The molecule has 3 aliphatic heterocycles. The Bertz CT molecular complexity index is 1080. The smallest absolute Gasteiger partial charge is 0.410 e. The number of unbranched alkanes of at least 4 members (excludes halogenated alkanes) is 4. The molecule has 0 unspecified atom stereocenters. The molecule has 3 atom stereocenters. The number of ether oxygens (including phenoxy) is 1. The molecule has 2 bridgehead atoms. The first-order valence-electron chi connectivity index (χ1n) is 18.1. The van der Waals surface area contributed by atoms with Crippen molar-refractivity contribution in [2.45, 2.75) is 149 Å². The first kappa shape index (κ1) is 42.0. The van der Waals surface area contributed by atoms with Crippen LogP contribution in [0, 0.1) is 0 Å². The van der Waals surface area contributed by atoms with E-state index in [-0.39, 0.29) is 32.0 Å². The number of hydrogen-bond acceptors (Lipinski definition) is 9. The van der Waals surface area contributed by atoms with Crippen LogP contribution in [0.3, 0.4) is 0 Å². The summed E-state index contributed by atoms with van der Waals surface area (Å²) in [5, 5.41) is 0.508. The van der Waals surface area contributed by atoms with Gasteiger partial charge in [0.05, 0.1) is 44.9 Å². The molecule has 3 saturated heterocycles. The van der Waals surface area contributed by atoms with Gasteiger partial charge in [-0.3, -0.25) is 9.63 Å². The normalized spacial score (nSPS) is 21.3. The van der Waals surface area contributed by atoms with E-state index in [1.807, 2.05) is 0 Å². The highest BCUT2D eigenvalue weighted by Gasteiger charge is 2.49. The minimum Gasteiger partial charge on any atom is -0.724 e. The third kappa shape index (κ3) is 13.6. The van der Waals surface area contributed by atoms with Crippen molar-refractivity contribution in [1.29, 1.82) is 0 Å². The fourth-order valence-corrected chi connectivity index (χ4v) is 6.97. The number of likely N-dealkylation sites (tertiary alicyclic amines) is 1. The van der Waals surface area contributed by atoms with Gasteiger partial charge in [-0.2, -0.15) is 9.35 Å². The maximum Gasteiger partial charge on any atom is 0.410 e. The van der Waals surface area contributed by atoms with Crippen molar-refractivity contribution in [3.63, 3.8) is 0 Å². The van der Waals surface area contributed by atoms with Gasteiger partial charge in [-0.1, -0.05) is 53.4 Å². The predicted molar refractivity (Wildman–Crippen MR) is 181 cm³/mol. The molecule has 280 valence electrons. The van der Waals surface area contributed by atoms with Gasteiger partial charge in [-0.15, -0.1) is 0 Å². The number of fused-ring (bicyclic) bond motifs is 2. The molecule has 3 fully saturated rings. The quantitative estimate of drug-likeness (QED) is 0.0887. The van der Waals surface area contributed by atoms with Crippen molar-refractivity contribution in [2.24, 2.45) is 0 Å². The average Bonchev–Trinajstić information content (AvgIpc) is 3.58. The van der Waals surface area contributed by atoms with Gasteiger partial charge in [0, 0.05) is 13.1 Å². The summed E-state index contributed by atoms with van der Waals surface area (Å²) in [6, 6.07) is -2.64. The molecular weight excluding hydrogens is 642 g/mol. The molecule has 0 aromatic rings. The van der Waals surface area contributed by atoms with E-state index in [9.17, 15) is 27.4 Å². The summed E-state index contributed by atoms with van der Waals surface area (Å²) >= 11 is 0. The summed E-state index contributed by atoms with van der Waals surface area (Å²) < 4.78 is 43.5. The zero-order valence-electron chi connectivity index (χ0n) is 30.5. The van der Waals surface area contributed by atoms with Gasteiger partial charge < -0.3 is 23.6 Å². The Hall–Kier alpha value is -2.20. The van der Waals surface area contributed by atoms with Crippen molar-refractivity contribution in [1.82, 2.24) is 20.3 Å². The lowest BCUT2D eigenvalue weighted by atomic mass is 10.0. The molecule has 1 N–H and O–H groups in total. The van der Waals surface area contributed by atoms with Gasteiger partial charge in [0.15, 0.2) is 0 Å². The molecule has 3 heterocycles. The molecule has 3 aliphatic rings. The first-order valence-corrected chi connectivity index (χ1v) is 19.4. The molecule has 15 heteroatoms. The number of carbonyl (C=O) groups excluding carboxylic acids is 3. The van der Waals surface area contributed by atoms with Gasteiger partial charge in [0.1, 0.15) is 11.6 Å². The van der Waals surface area contributed by atoms with E-state index in [0.29, 0.717) is 18.0 Å². The molecule has 3 rings (SSSR count). The van der Waals surface area contributed by atoms with E-state index in [0.717, 1.165) is 11.3 Å². The summed E-state index contributed by atoms with van der Waals surface area (Å²) in [4.78, 5) is 45.2. The van der Waals surface area contributed by atoms with Crippen LogP contribution in [0.25, 0.3) is 0 Å². The number of urea groups is 1. The van der Waals surface area contributed by atoms with Crippen LogP contribution in [-0.2, 0) is 29.1 Å². The highest BCUT2D eigenvalue weighted by Crippen LogP contribution is 2.31. The van der Waals surface area contributed by atoms with Crippen LogP contribution in [0.5, 0.6) is 0 Å². The van der Waals surface area contributed by atoms with Gasteiger partial charge in [0.2, 0.25) is 10.4 Å². The van der Waals surface area contributed by atoms with E-state index in [1.165, 1.54) is 82.0 Å². The van der Waals surface area contributed by atoms with Crippen molar-refractivity contribution in [2.75, 3.05) is 45.9 Å². The molecule has 0 saturated carbocycles. The zero-order valence-corrected chi connectivity index (χ0v) is 31.4. The average molecular weight is 706 g/mol. The van der Waals surface area contributed by atoms with Crippen LogP contribution in [0.4, 0.5) is 9.59 Å². The molecule has 0 aromatic carbocycles. The third-order valence-corrected chi connectivity index (χ3v) is 9.54. The number of rotatable bonds is 18. The summed E-state index contributed by atoms with van der Waals surface area (Å²) in [7, 11) is -5.10. The number of piperidine rings is 1. The number of carbonyl (C=O) groups is 3. The molecule has 0 spiro atoms. The van der Waals surface area contributed by atoms with Gasteiger partial charge in [0.25, 0.3) is 5.91 Å². The van der Waals surface area contributed by atoms with E-state index >= 15 is 0 Å². The number of hydroxylamine groups is 3. The topological polar surface area (TPSA) is 158 Å². The molecular formula is C33H63N5O9S. The second-order valence-corrected chi connectivity index (χ2v) is 15.4. The van der Waals surface area contributed by atoms with Crippen LogP contribution in [0.2, 0.25) is 0 Å². The molecule has 48 heavy (non-hydrogen) atoms. The zero-order chi connectivity index (χ0) is 36.0. The highest BCUT2D eigenvalue weighted by atomic mass is 32.3. The molecule has 0 aliphatic carbocycles. The number of amides is 4. The Kier molecular flexibility index (Phi) is 17.4. The molecule has 4 amide bonds. The molecule has 0 radical (unpaired) electrons. The Morgan fingerprint density at radius 3 is 1.94 bits per heavy atom. The predicted octanol–water partition coefficient (Wildman–Crippen LogP) is 5.10. The highest BCUT2D eigenvalue weighted by molar-refractivity contribution is 7.80. The fourth-order valence-electron chi connectivity index (χ4n) is 6.59. The largest absolute Gasteiger partial charge is 0.724 e. The van der Waals surface area contributed by atoms with E-state index in [2.05, 4.69) is 37.5 Å². The van der Waals surface area contributed by atoms with E-state index in [4.69, 9.17) is 9.57 Å². The van der Waals surface area contributed by atoms with E-state index < -0.39 is 46.1 Å². The maximum absolute atomic E-state index is 12.5. The summed E-state index contributed by atoms with van der Waals surface area (Å²) in [6.07, 6.45) is 12.6. The van der Waals surface area contributed by atoms with Crippen LogP contribution in [-0.4, -0.2) is 120 Å². The summed E-state index contributed by atoms with van der Waals surface area (Å²) in [6.45, 7) is 21.0. The Balaban J connectivity index is 0.000000401. The van der Waals surface area contributed by atoms with E-state index in [1.54, 1.807) is 25.7 Å². The summed E-state index contributed by atoms with van der Waals surface area (Å²) in [5.41, 5.74) is 1.68. The Morgan fingerprint density at radius 1 is 0.917 bits per heavy atom. The number of nitrogens with zero attached hydrogens (tertiary/aromatic N) is 4. The minimum absolute atomic E-state index is 0.0535. The van der Waals surface area contributed by atoms with Crippen molar-refractivity contribution in [3.8, 4) is 0 Å². The van der Waals surface area contributed by atoms with Crippen LogP contribution < -0.4 is 5.48 Å². The van der Waals surface area contributed by atoms with Gasteiger partial charge in [-0.05, 0) is 72.1 Å². The lowest BCUT2D eigenvalue weighted by Gasteiger charge is -2.39. The first-order chi connectivity index (χ1) is 22.6.